The minimum atomic E-state index is -3.85. The van der Waals surface area contributed by atoms with Gasteiger partial charge in [0.05, 0.1) is 12.4 Å². The van der Waals surface area contributed by atoms with Crippen LogP contribution in [0.25, 0.3) is 5.69 Å². The van der Waals surface area contributed by atoms with Crippen LogP contribution in [0.1, 0.15) is 11.1 Å². The molecule has 1 aliphatic rings. The largest absolute Gasteiger partial charge is 0.282 e. The number of halogens is 1. The van der Waals surface area contributed by atoms with E-state index in [-0.39, 0.29) is 18.0 Å². The first-order valence-electron chi connectivity index (χ1n) is 9.96. The van der Waals surface area contributed by atoms with E-state index in [0.717, 1.165) is 17.3 Å². The standard InChI is InChI=1S/C21H24FN5O2S2/c1-16-7-8-19(17(2)13-16)26-14-23-27(21(26)30)15-24-9-11-25(12-10-24)31(28,29)20-6-4-3-5-18(20)22/h3-8,13-14H,9-12,15H2,1-2H3. The molecule has 0 aliphatic carbocycles. The summed E-state index contributed by atoms with van der Waals surface area (Å²) in [6.45, 7) is 6.12. The minimum Gasteiger partial charge on any atom is -0.282 e. The SMILES string of the molecule is Cc1ccc(-n2cnn(CN3CCN(S(=O)(=O)c4ccccc4F)CC3)c2=S)c(C)c1. The van der Waals surface area contributed by atoms with Crippen LogP contribution >= 0.6 is 12.2 Å². The lowest BCUT2D eigenvalue weighted by molar-refractivity contribution is 0.144. The van der Waals surface area contributed by atoms with Crippen LogP contribution in [0.5, 0.6) is 0 Å². The van der Waals surface area contributed by atoms with Crippen molar-refractivity contribution in [3.8, 4) is 5.69 Å². The third-order valence-electron chi connectivity index (χ3n) is 5.46. The van der Waals surface area contributed by atoms with Crippen LogP contribution in [0.4, 0.5) is 4.39 Å². The molecule has 3 aromatic rings. The van der Waals surface area contributed by atoms with Crippen LogP contribution < -0.4 is 0 Å². The molecule has 2 heterocycles. The van der Waals surface area contributed by atoms with Crippen LogP contribution in [0.15, 0.2) is 53.7 Å². The van der Waals surface area contributed by atoms with Crippen molar-refractivity contribution >= 4 is 22.2 Å². The van der Waals surface area contributed by atoms with Gasteiger partial charge in [-0.25, -0.2) is 17.5 Å². The summed E-state index contributed by atoms with van der Waals surface area (Å²) in [7, 11) is -3.85. The summed E-state index contributed by atoms with van der Waals surface area (Å²) in [5, 5.41) is 4.43. The second kappa shape index (κ2) is 8.62. The lowest BCUT2D eigenvalue weighted by atomic mass is 10.1. The average molecular weight is 462 g/mol. The van der Waals surface area contributed by atoms with Crippen molar-refractivity contribution in [1.29, 1.82) is 0 Å². The van der Waals surface area contributed by atoms with Gasteiger partial charge in [0.2, 0.25) is 14.8 Å². The first-order valence-corrected chi connectivity index (χ1v) is 11.8. The number of piperazine rings is 1. The number of benzene rings is 2. The molecule has 1 saturated heterocycles. The van der Waals surface area contributed by atoms with Crippen LogP contribution in [0.3, 0.4) is 0 Å². The van der Waals surface area contributed by atoms with E-state index in [1.165, 1.54) is 28.1 Å². The van der Waals surface area contributed by atoms with Crippen molar-refractivity contribution in [2.75, 3.05) is 26.2 Å². The van der Waals surface area contributed by atoms with Crippen LogP contribution in [-0.2, 0) is 16.7 Å². The van der Waals surface area contributed by atoms with Gasteiger partial charge in [-0.3, -0.25) is 9.47 Å². The monoisotopic (exact) mass is 461 g/mol. The number of nitrogens with zero attached hydrogens (tertiary/aromatic N) is 5. The Bertz CT molecular complexity index is 1260. The molecule has 164 valence electrons. The van der Waals surface area contributed by atoms with Crippen molar-refractivity contribution in [2.24, 2.45) is 0 Å². The highest BCUT2D eigenvalue weighted by atomic mass is 32.2. The smallest absolute Gasteiger partial charge is 0.246 e. The van der Waals surface area contributed by atoms with Gasteiger partial charge in [0.15, 0.2) is 0 Å². The van der Waals surface area contributed by atoms with Gasteiger partial charge in [-0.2, -0.15) is 9.40 Å². The Labute approximate surface area is 186 Å². The van der Waals surface area contributed by atoms with Gasteiger partial charge in [-0.1, -0.05) is 29.8 Å². The number of rotatable bonds is 5. The molecule has 7 nitrogen and oxygen atoms in total. The lowest BCUT2D eigenvalue weighted by Gasteiger charge is -2.33. The molecular weight excluding hydrogens is 437 g/mol. The maximum atomic E-state index is 14.0. The van der Waals surface area contributed by atoms with Gasteiger partial charge in [-0.05, 0) is 49.8 Å². The Morgan fingerprint density at radius 3 is 2.45 bits per heavy atom. The number of hydrogen-bond donors (Lipinski definition) is 0. The second-order valence-electron chi connectivity index (χ2n) is 7.67. The highest BCUT2D eigenvalue weighted by Gasteiger charge is 2.30. The predicted octanol–water partition coefficient (Wildman–Crippen LogP) is 3.12. The van der Waals surface area contributed by atoms with Crippen molar-refractivity contribution in [3.63, 3.8) is 0 Å². The van der Waals surface area contributed by atoms with E-state index in [0.29, 0.717) is 24.5 Å². The van der Waals surface area contributed by atoms with E-state index in [2.05, 4.69) is 16.1 Å². The molecule has 0 radical (unpaired) electrons. The Morgan fingerprint density at radius 2 is 1.77 bits per heavy atom. The summed E-state index contributed by atoms with van der Waals surface area (Å²) < 4.78 is 45.1. The second-order valence-corrected chi connectivity index (χ2v) is 9.94. The molecule has 0 saturated carbocycles. The summed E-state index contributed by atoms with van der Waals surface area (Å²) >= 11 is 5.62. The zero-order valence-electron chi connectivity index (χ0n) is 17.4. The first-order chi connectivity index (χ1) is 14.8. The van der Waals surface area contributed by atoms with Gasteiger partial charge in [0, 0.05) is 26.2 Å². The third-order valence-corrected chi connectivity index (χ3v) is 7.80. The van der Waals surface area contributed by atoms with Crippen molar-refractivity contribution < 1.29 is 12.8 Å². The number of hydrogen-bond acceptors (Lipinski definition) is 5. The van der Waals surface area contributed by atoms with E-state index in [4.69, 9.17) is 12.2 Å². The lowest BCUT2D eigenvalue weighted by Crippen LogP contribution is -2.49. The Morgan fingerprint density at radius 1 is 1.06 bits per heavy atom. The third kappa shape index (κ3) is 4.33. The molecule has 4 rings (SSSR count). The van der Waals surface area contributed by atoms with E-state index in [1.54, 1.807) is 11.0 Å². The van der Waals surface area contributed by atoms with Crippen molar-refractivity contribution in [1.82, 2.24) is 23.6 Å². The van der Waals surface area contributed by atoms with Crippen molar-refractivity contribution in [2.45, 2.75) is 25.4 Å². The summed E-state index contributed by atoms with van der Waals surface area (Å²) in [5.74, 6) is -0.729. The van der Waals surface area contributed by atoms with Crippen LogP contribution in [-0.4, -0.2) is 58.1 Å². The van der Waals surface area contributed by atoms with E-state index < -0.39 is 15.8 Å². The maximum absolute atomic E-state index is 14.0. The van der Waals surface area contributed by atoms with E-state index >= 15 is 0 Å². The number of sulfonamides is 1. The molecule has 10 heteroatoms. The molecule has 0 spiro atoms. The molecule has 0 bridgehead atoms. The molecule has 0 N–H and O–H groups in total. The number of aromatic nitrogens is 3. The van der Waals surface area contributed by atoms with Gasteiger partial charge in [0.1, 0.15) is 17.0 Å². The molecule has 0 unspecified atom stereocenters. The molecule has 1 aromatic heterocycles. The number of aryl methyl sites for hydroxylation is 2. The molecule has 0 amide bonds. The first kappa shape index (κ1) is 21.8. The van der Waals surface area contributed by atoms with E-state index in [9.17, 15) is 12.8 Å². The molecule has 31 heavy (non-hydrogen) atoms. The Kier molecular flexibility index (Phi) is 6.07. The van der Waals surface area contributed by atoms with Gasteiger partial charge in [-0.15, -0.1) is 0 Å². The Balaban J connectivity index is 1.45. The molecule has 1 aliphatic heterocycles. The van der Waals surface area contributed by atoms with Crippen LogP contribution in [0.2, 0.25) is 0 Å². The minimum absolute atomic E-state index is 0.280. The highest BCUT2D eigenvalue weighted by molar-refractivity contribution is 7.89. The average Bonchev–Trinajstić information content (AvgIpc) is 3.09. The maximum Gasteiger partial charge on any atom is 0.246 e. The summed E-state index contributed by atoms with van der Waals surface area (Å²) in [6, 6.07) is 11.6. The van der Waals surface area contributed by atoms with Gasteiger partial charge < -0.3 is 0 Å². The fourth-order valence-electron chi connectivity index (χ4n) is 3.77. The molecule has 2 aromatic carbocycles. The topological polar surface area (TPSA) is 63.4 Å². The molecular formula is C21H24FN5O2S2. The zero-order chi connectivity index (χ0) is 22.2. The van der Waals surface area contributed by atoms with E-state index in [1.807, 2.05) is 30.5 Å². The molecule has 0 atom stereocenters. The van der Waals surface area contributed by atoms with Gasteiger partial charge in [0.25, 0.3) is 0 Å². The van der Waals surface area contributed by atoms with Crippen molar-refractivity contribution in [3.05, 3.63) is 70.5 Å². The summed E-state index contributed by atoms with van der Waals surface area (Å²) in [6.07, 6.45) is 1.71. The summed E-state index contributed by atoms with van der Waals surface area (Å²) in [5.41, 5.74) is 3.29. The highest BCUT2D eigenvalue weighted by Crippen LogP contribution is 2.21. The normalized spacial score (nSPS) is 16.0. The predicted molar refractivity (Wildman–Crippen MR) is 119 cm³/mol. The fraction of sp³-hybridized carbons (Fsp3) is 0.333. The zero-order valence-corrected chi connectivity index (χ0v) is 19.0. The molecule has 1 fully saturated rings. The summed E-state index contributed by atoms with van der Waals surface area (Å²) in [4.78, 5) is 1.81. The fourth-order valence-corrected chi connectivity index (χ4v) is 5.51. The van der Waals surface area contributed by atoms with Crippen LogP contribution in [0, 0.1) is 24.4 Å². The quantitative estimate of drug-likeness (QED) is 0.547. The van der Waals surface area contributed by atoms with Gasteiger partial charge >= 0.3 is 0 Å². The Hall–Kier alpha value is -2.40.